The van der Waals surface area contributed by atoms with Gasteiger partial charge >= 0.3 is 0 Å². The molecular formula is C11H7BrFN3OS. The summed E-state index contributed by atoms with van der Waals surface area (Å²) in [4.78, 5) is 4.18. The van der Waals surface area contributed by atoms with Crippen LogP contribution < -0.4 is 0 Å². The van der Waals surface area contributed by atoms with Gasteiger partial charge in [0.05, 0.1) is 17.6 Å². The van der Waals surface area contributed by atoms with Crippen molar-refractivity contribution < 1.29 is 8.91 Å². The van der Waals surface area contributed by atoms with Crippen LogP contribution in [0.25, 0.3) is 11.4 Å². The molecule has 0 radical (unpaired) electrons. The summed E-state index contributed by atoms with van der Waals surface area (Å²) in [6.07, 6.45) is 0. The fourth-order valence-electron chi connectivity index (χ4n) is 1.28. The average molecular weight is 328 g/mol. The number of aromatic nitrogens is 2. The van der Waals surface area contributed by atoms with E-state index in [0.717, 1.165) is 0 Å². The number of thioether (sulfide) groups is 1. The van der Waals surface area contributed by atoms with Gasteiger partial charge in [-0.05, 0) is 34.1 Å². The lowest BCUT2D eigenvalue weighted by molar-refractivity contribution is 0.391. The minimum atomic E-state index is -0.334. The third kappa shape index (κ3) is 3.09. The van der Waals surface area contributed by atoms with Crippen molar-refractivity contribution in [2.75, 3.05) is 5.75 Å². The van der Waals surface area contributed by atoms with Gasteiger partial charge in [-0.15, -0.1) is 11.8 Å². The van der Waals surface area contributed by atoms with Crippen molar-refractivity contribution >= 4 is 27.7 Å². The molecular weight excluding hydrogens is 321 g/mol. The van der Waals surface area contributed by atoms with Crippen LogP contribution in [0.3, 0.4) is 0 Å². The van der Waals surface area contributed by atoms with E-state index in [1.54, 1.807) is 6.07 Å². The number of benzene rings is 1. The molecule has 0 bridgehead atoms. The maximum absolute atomic E-state index is 12.9. The van der Waals surface area contributed by atoms with E-state index in [4.69, 9.17) is 9.78 Å². The minimum Gasteiger partial charge on any atom is -0.338 e. The highest BCUT2D eigenvalue weighted by Crippen LogP contribution is 2.27. The van der Waals surface area contributed by atoms with Crippen molar-refractivity contribution in [3.8, 4) is 17.5 Å². The van der Waals surface area contributed by atoms with E-state index in [9.17, 15) is 4.39 Å². The third-order valence-corrected chi connectivity index (χ3v) is 3.47. The molecule has 2 rings (SSSR count). The van der Waals surface area contributed by atoms with Gasteiger partial charge in [0.2, 0.25) is 11.7 Å². The number of hydrogen-bond acceptors (Lipinski definition) is 5. The molecule has 18 heavy (non-hydrogen) atoms. The monoisotopic (exact) mass is 327 g/mol. The predicted molar refractivity (Wildman–Crippen MR) is 69.2 cm³/mol. The Hall–Kier alpha value is -1.39. The summed E-state index contributed by atoms with van der Waals surface area (Å²) in [5, 5.41) is 12.2. The van der Waals surface area contributed by atoms with Crippen molar-refractivity contribution in [1.82, 2.24) is 10.1 Å². The Labute approximate surface area is 115 Å². The summed E-state index contributed by atoms with van der Waals surface area (Å²) in [5.74, 6) is 1.37. The van der Waals surface area contributed by atoms with Crippen LogP contribution in [0, 0.1) is 17.1 Å². The molecule has 1 aromatic carbocycles. The molecule has 0 saturated heterocycles. The van der Waals surface area contributed by atoms with Crippen LogP contribution >= 0.6 is 27.7 Å². The fraction of sp³-hybridized carbons (Fsp3) is 0.182. The summed E-state index contributed by atoms with van der Waals surface area (Å²) in [5.41, 5.74) is 0.664. The van der Waals surface area contributed by atoms with Gasteiger partial charge in [0.25, 0.3) is 0 Å². The van der Waals surface area contributed by atoms with Crippen LogP contribution in [-0.2, 0) is 5.75 Å². The van der Waals surface area contributed by atoms with Crippen LogP contribution in [0.5, 0.6) is 0 Å². The quantitative estimate of drug-likeness (QED) is 0.805. The Morgan fingerprint density at radius 3 is 3.06 bits per heavy atom. The predicted octanol–water partition coefficient (Wildman–Crippen LogP) is 3.39. The van der Waals surface area contributed by atoms with Gasteiger partial charge in [0.1, 0.15) is 5.82 Å². The van der Waals surface area contributed by atoms with E-state index in [-0.39, 0.29) is 5.82 Å². The maximum atomic E-state index is 12.9. The number of nitriles is 1. The first kappa shape index (κ1) is 13.1. The SMILES string of the molecule is N#CCSCc1nc(-c2ccc(F)cc2Br)no1. The first-order chi connectivity index (χ1) is 8.70. The zero-order valence-electron chi connectivity index (χ0n) is 9.06. The first-order valence-electron chi connectivity index (χ1n) is 4.93. The standard InChI is InChI=1S/C11H7BrFN3OS/c12-9-5-7(13)1-2-8(9)11-15-10(17-16-11)6-18-4-3-14/h1-2,5H,4,6H2. The number of hydrogen-bond donors (Lipinski definition) is 0. The largest absolute Gasteiger partial charge is 0.338 e. The Morgan fingerprint density at radius 1 is 1.50 bits per heavy atom. The molecule has 0 N–H and O–H groups in total. The summed E-state index contributed by atoms with van der Waals surface area (Å²) in [7, 11) is 0. The maximum Gasteiger partial charge on any atom is 0.236 e. The molecule has 4 nitrogen and oxygen atoms in total. The van der Waals surface area contributed by atoms with E-state index < -0.39 is 0 Å². The zero-order chi connectivity index (χ0) is 13.0. The Morgan fingerprint density at radius 2 is 2.33 bits per heavy atom. The third-order valence-electron chi connectivity index (χ3n) is 2.03. The smallest absolute Gasteiger partial charge is 0.236 e. The number of halogens is 2. The molecule has 0 fully saturated rings. The number of rotatable bonds is 4. The van der Waals surface area contributed by atoms with Crippen molar-refractivity contribution in [3.63, 3.8) is 0 Å². The van der Waals surface area contributed by atoms with Crippen LogP contribution in [0.4, 0.5) is 4.39 Å². The summed E-state index contributed by atoms with van der Waals surface area (Å²) >= 11 is 4.64. The van der Waals surface area contributed by atoms with E-state index in [1.807, 2.05) is 6.07 Å². The van der Waals surface area contributed by atoms with Crippen LogP contribution in [0.1, 0.15) is 5.89 Å². The average Bonchev–Trinajstić information content (AvgIpc) is 2.78. The molecule has 0 saturated carbocycles. The molecule has 0 atom stereocenters. The van der Waals surface area contributed by atoms with Gasteiger partial charge in [-0.25, -0.2) is 4.39 Å². The van der Waals surface area contributed by atoms with Crippen molar-refractivity contribution in [2.45, 2.75) is 5.75 Å². The lowest BCUT2D eigenvalue weighted by Gasteiger charge is -1.98. The molecule has 2 aromatic rings. The van der Waals surface area contributed by atoms with Crippen molar-refractivity contribution in [1.29, 1.82) is 5.26 Å². The summed E-state index contributed by atoms with van der Waals surface area (Å²) < 4.78 is 18.6. The highest BCUT2D eigenvalue weighted by molar-refractivity contribution is 9.10. The molecule has 0 spiro atoms. The normalized spacial score (nSPS) is 10.3. The molecule has 0 aliphatic carbocycles. The highest BCUT2D eigenvalue weighted by atomic mass is 79.9. The molecule has 7 heteroatoms. The molecule has 0 aliphatic heterocycles. The Kier molecular flexibility index (Phi) is 4.33. The second-order valence-electron chi connectivity index (χ2n) is 3.29. The number of nitrogens with zero attached hydrogens (tertiary/aromatic N) is 3. The highest BCUT2D eigenvalue weighted by Gasteiger charge is 2.12. The van der Waals surface area contributed by atoms with E-state index in [1.165, 1.54) is 23.9 Å². The van der Waals surface area contributed by atoms with E-state index in [0.29, 0.717) is 33.3 Å². The Bertz CT molecular complexity index is 596. The van der Waals surface area contributed by atoms with Gasteiger partial charge in [0.15, 0.2) is 0 Å². The van der Waals surface area contributed by atoms with Crippen LogP contribution in [0.2, 0.25) is 0 Å². The second kappa shape index (κ2) is 5.98. The summed E-state index contributed by atoms with van der Waals surface area (Å²) in [6, 6.07) is 6.27. The van der Waals surface area contributed by atoms with Crippen LogP contribution in [-0.4, -0.2) is 15.9 Å². The zero-order valence-corrected chi connectivity index (χ0v) is 11.5. The molecule has 0 unspecified atom stereocenters. The van der Waals surface area contributed by atoms with Crippen molar-refractivity contribution in [3.05, 3.63) is 34.4 Å². The van der Waals surface area contributed by atoms with Gasteiger partial charge in [0, 0.05) is 10.0 Å². The molecule has 92 valence electrons. The van der Waals surface area contributed by atoms with E-state index >= 15 is 0 Å². The van der Waals surface area contributed by atoms with Crippen LogP contribution in [0.15, 0.2) is 27.2 Å². The molecule has 1 heterocycles. The van der Waals surface area contributed by atoms with Gasteiger partial charge in [-0.3, -0.25) is 0 Å². The lowest BCUT2D eigenvalue weighted by Crippen LogP contribution is -1.85. The minimum absolute atomic E-state index is 0.334. The van der Waals surface area contributed by atoms with Crippen molar-refractivity contribution in [2.24, 2.45) is 0 Å². The Balaban J connectivity index is 2.16. The lowest BCUT2D eigenvalue weighted by atomic mass is 10.2. The fourth-order valence-corrected chi connectivity index (χ4v) is 2.29. The molecule has 0 aliphatic rings. The molecule has 0 amide bonds. The van der Waals surface area contributed by atoms with Gasteiger partial charge in [-0.1, -0.05) is 5.16 Å². The van der Waals surface area contributed by atoms with E-state index in [2.05, 4.69) is 26.1 Å². The molecule has 1 aromatic heterocycles. The van der Waals surface area contributed by atoms with Gasteiger partial charge in [-0.2, -0.15) is 10.2 Å². The first-order valence-corrected chi connectivity index (χ1v) is 6.88. The summed E-state index contributed by atoms with van der Waals surface area (Å²) in [6.45, 7) is 0. The topological polar surface area (TPSA) is 62.7 Å². The second-order valence-corrected chi connectivity index (χ2v) is 5.13. The van der Waals surface area contributed by atoms with Gasteiger partial charge < -0.3 is 4.52 Å².